The van der Waals surface area contributed by atoms with Gasteiger partial charge in [-0.1, -0.05) is 48.5 Å². The zero-order valence-corrected chi connectivity index (χ0v) is 16.4. The molecule has 1 amide bonds. The molecule has 138 valence electrons. The lowest BCUT2D eigenvalue weighted by molar-refractivity contribution is 0.0744. The van der Waals surface area contributed by atoms with Crippen molar-refractivity contribution in [3.05, 3.63) is 101 Å². The number of hydrogen-bond acceptors (Lipinski definition) is 3. The summed E-state index contributed by atoms with van der Waals surface area (Å²) < 4.78 is 0. The fraction of sp³-hybridized carbons (Fsp3) is 0.217. The first-order valence-corrected chi connectivity index (χ1v) is 10.5. The van der Waals surface area contributed by atoms with Crippen molar-refractivity contribution in [3.63, 3.8) is 0 Å². The Morgan fingerprint density at radius 3 is 2.33 bits per heavy atom. The van der Waals surface area contributed by atoms with Crippen LogP contribution in [-0.2, 0) is 18.7 Å². The number of nitrogens with zero attached hydrogens (tertiary/aromatic N) is 2. The summed E-state index contributed by atoms with van der Waals surface area (Å²) in [5.41, 5.74) is 4.10. The van der Waals surface area contributed by atoms with Crippen molar-refractivity contribution < 1.29 is 4.79 Å². The second-order valence-corrected chi connectivity index (χ2v) is 7.28. The van der Waals surface area contributed by atoms with E-state index in [0.29, 0.717) is 13.1 Å². The zero-order chi connectivity index (χ0) is 18.9. The van der Waals surface area contributed by atoms with Crippen molar-refractivity contribution in [2.75, 3.05) is 12.8 Å². The van der Waals surface area contributed by atoms with Crippen LogP contribution >= 0.6 is 11.8 Å². The lowest BCUT2D eigenvalue weighted by Crippen LogP contribution is -2.32. The first-order valence-electron chi connectivity index (χ1n) is 9.07. The summed E-state index contributed by atoms with van der Waals surface area (Å²) in [4.78, 5) is 19.4. The van der Waals surface area contributed by atoms with Crippen LogP contribution < -0.4 is 0 Å². The van der Waals surface area contributed by atoms with Gasteiger partial charge in [0.1, 0.15) is 0 Å². The summed E-state index contributed by atoms with van der Waals surface area (Å²) in [7, 11) is 0. The number of benzene rings is 2. The summed E-state index contributed by atoms with van der Waals surface area (Å²) >= 11 is 1.78. The SMILES string of the molecule is CSCc1ccc(C(=O)N(CCc2ccccn2)Cc2ccccc2)cc1. The van der Waals surface area contributed by atoms with Gasteiger partial charge >= 0.3 is 0 Å². The van der Waals surface area contributed by atoms with E-state index in [4.69, 9.17) is 0 Å². The molecule has 0 radical (unpaired) electrons. The Kier molecular flexibility index (Phi) is 7.05. The van der Waals surface area contributed by atoms with E-state index >= 15 is 0 Å². The van der Waals surface area contributed by atoms with Crippen molar-refractivity contribution in [1.82, 2.24) is 9.88 Å². The average Bonchev–Trinajstić information content (AvgIpc) is 2.73. The number of aromatic nitrogens is 1. The predicted molar refractivity (Wildman–Crippen MR) is 113 cm³/mol. The van der Waals surface area contributed by atoms with Crippen molar-refractivity contribution in [1.29, 1.82) is 0 Å². The van der Waals surface area contributed by atoms with Gasteiger partial charge in [-0.3, -0.25) is 9.78 Å². The minimum atomic E-state index is 0.0606. The Balaban J connectivity index is 1.75. The fourth-order valence-electron chi connectivity index (χ4n) is 2.94. The molecule has 0 spiro atoms. The molecule has 4 heteroatoms. The number of thioether (sulfide) groups is 1. The third-order valence-corrected chi connectivity index (χ3v) is 5.00. The third kappa shape index (κ3) is 5.69. The fourth-order valence-corrected chi connectivity index (χ4v) is 3.47. The maximum Gasteiger partial charge on any atom is 0.254 e. The molecule has 0 fully saturated rings. The second-order valence-electron chi connectivity index (χ2n) is 6.41. The highest BCUT2D eigenvalue weighted by Crippen LogP contribution is 2.14. The topological polar surface area (TPSA) is 33.2 Å². The number of carbonyl (C=O) groups is 1. The van der Waals surface area contributed by atoms with Crippen LogP contribution in [0.2, 0.25) is 0 Å². The molecule has 0 unspecified atom stereocenters. The first-order chi connectivity index (χ1) is 13.3. The van der Waals surface area contributed by atoms with E-state index in [-0.39, 0.29) is 5.91 Å². The molecule has 3 aromatic rings. The molecular weight excluding hydrogens is 352 g/mol. The Labute approximate surface area is 165 Å². The number of carbonyl (C=O) groups excluding carboxylic acids is 1. The standard InChI is InChI=1S/C23H24N2OS/c1-27-18-20-10-12-21(13-11-20)23(26)25(17-19-7-3-2-4-8-19)16-14-22-9-5-6-15-24-22/h2-13,15H,14,16-18H2,1H3. The molecule has 0 aliphatic carbocycles. The van der Waals surface area contributed by atoms with Crippen molar-refractivity contribution in [3.8, 4) is 0 Å². The quantitative estimate of drug-likeness (QED) is 0.564. The molecule has 0 aliphatic heterocycles. The summed E-state index contributed by atoms with van der Waals surface area (Å²) in [5.74, 6) is 1.02. The summed E-state index contributed by atoms with van der Waals surface area (Å²) in [6.45, 7) is 1.23. The Morgan fingerprint density at radius 2 is 1.67 bits per heavy atom. The third-order valence-electron chi connectivity index (χ3n) is 4.38. The molecule has 1 aromatic heterocycles. The summed E-state index contributed by atoms with van der Waals surface area (Å²) in [6, 6.07) is 24.0. The van der Waals surface area contributed by atoms with E-state index in [9.17, 15) is 4.79 Å². The molecule has 0 N–H and O–H groups in total. The molecule has 2 aromatic carbocycles. The van der Waals surface area contributed by atoms with Gasteiger partial charge in [-0.2, -0.15) is 11.8 Å². The van der Waals surface area contributed by atoms with Gasteiger partial charge in [-0.05, 0) is 41.6 Å². The first kappa shape index (κ1) is 19.2. The van der Waals surface area contributed by atoms with Gasteiger partial charge in [0.25, 0.3) is 5.91 Å². The molecule has 0 saturated carbocycles. The molecule has 27 heavy (non-hydrogen) atoms. The van der Waals surface area contributed by atoms with Crippen molar-refractivity contribution >= 4 is 17.7 Å². The lowest BCUT2D eigenvalue weighted by Gasteiger charge is -2.23. The number of rotatable bonds is 8. The number of amides is 1. The highest BCUT2D eigenvalue weighted by Gasteiger charge is 2.16. The van der Waals surface area contributed by atoms with Crippen molar-refractivity contribution in [2.24, 2.45) is 0 Å². The van der Waals surface area contributed by atoms with E-state index < -0.39 is 0 Å². The highest BCUT2D eigenvalue weighted by molar-refractivity contribution is 7.97. The smallest absolute Gasteiger partial charge is 0.254 e. The van der Waals surface area contributed by atoms with Crippen LogP contribution in [0.3, 0.4) is 0 Å². The van der Waals surface area contributed by atoms with Gasteiger partial charge in [0.05, 0.1) is 0 Å². The summed E-state index contributed by atoms with van der Waals surface area (Å²) in [5, 5.41) is 0. The number of pyridine rings is 1. The van der Waals surface area contributed by atoms with Crippen LogP contribution in [0.15, 0.2) is 79.0 Å². The van der Waals surface area contributed by atoms with E-state index in [1.165, 1.54) is 5.56 Å². The molecule has 0 aliphatic rings. The van der Waals surface area contributed by atoms with Gasteiger partial charge in [-0.25, -0.2) is 0 Å². The Morgan fingerprint density at radius 1 is 0.926 bits per heavy atom. The minimum Gasteiger partial charge on any atom is -0.334 e. The molecule has 3 rings (SSSR count). The molecule has 0 atom stereocenters. The Hall–Kier alpha value is -2.59. The molecular formula is C23H24N2OS. The predicted octanol–water partition coefficient (Wildman–Crippen LogP) is 4.83. The maximum absolute atomic E-state index is 13.1. The van der Waals surface area contributed by atoms with Gasteiger partial charge < -0.3 is 4.90 Å². The van der Waals surface area contributed by atoms with Crippen LogP contribution in [0, 0.1) is 0 Å². The van der Waals surface area contributed by atoms with Crippen LogP contribution in [0.25, 0.3) is 0 Å². The van der Waals surface area contributed by atoms with Crippen LogP contribution in [0.1, 0.15) is 27.2 Å². The largest absolute Gasteiger partial charge is 0.334 e. The number of hydrogen-bond donors (Lipinski definition) is 0. The second kappa shape index (κ2) is 9.93. The van der Waals surface area contributed by atoms with E-state index in [0.717, 1.165) is 29.0 Å². The van der Waals surface area contributed by atoms with E-state index in [1.54, 1.807) is 18.0 Å². The zero-order valence-electron chi connectivity index (χ0n) is 15.5. The molecule has 1 heterocycles. The highest BCUT2D eigenvalue weighted by atomic mass is 32.2. The summed E-state index contributed by atoms with van der Waals surface area (Å²) in [6.07, 6.45) is 4.62. The lowest BCUT2D eigenvalue weighted by atomic mass is 10.1. The molecule has 0 bridgehead atoms. The van der Waals surface area contributed by atoms with Gasteiger partial charge in [0, 0.05) is 42.7 Å². The van der Waals surface area contributed by atoms with Crippen LogP contribution in [0.4, 0.5) is 0 Å². The molecule has 3 nitrogen and oxygen atoms in total. The van der Waals surface area contributed by atoms with E-state index in [1.807, 2.05) is 65.6 Å². The normalized spacial score (nSPS) is 10.6. The minimum absolute atomic E-state index is 0.0606. The van der Waals surface area contributed by atoms with Gasteiger partial charge in [-0.15, -0.1) is 0 Å². The van der Waals surface area contributed by atoms with Crippen LogP contribution in [-0.4, -0.2) is 28.6 Å². The van der Waals surface area contributed by atoms with Crippen LogP contribution in [0.5, 0.6) is 0 Å². The monoisotopic (exact) mass is 376 g/mol. The van der Waals surface area contributed by atoms with E-state index in [2.05, 4.69) is 23.4 Å². The Bertz CT molecular complexity index is 835. The maximum atomic E-state index is 13.1. The molecule has 0 saturated heterocycles. The van der Waals surface area contributed by atoms with Gasteiger partial charge in [0.2, 0.25) is 0 Å². The van der Waals surface area contributed by atoms with Gasteiger partial charge in [0.15, 0.2) is 0 Å². The van der Waals surface area contributed by atoms with Crippen molar-refractivity contribution in [2.45, 2.75) is 18.7 Å². The average molecular weight is 377 g/mol.